The summed E-state index contributed by atoms with van der Waals surface area (Å²) in [5.41, 5.74) is 17.7. The summed E-state index contributed by atoms with van der Waals surface area (Å²) in [5, 5.41) is 7.14. The Morgan fingerprint density at radius 2 is 1.06 bits per heavy atom. The van der Waals surface area contributed by atoms with Gasteiger partial charge in [0.15, 0.2) is 0 Å². The Labute approximate surface area is 310 Å². The molecule has 0 N–H and O–H groups in total. The van der Waals surface area contributed by atoms with Gasteiger partial charge in [0.2, 0.25) is 0 Å². The minimum Gasteiger partial charge on any atom is -0.310 e. The van der Waals surface area contributed by atoms with Crippen molar-refractivity contribution in [3.05, 3.63) is 190 Å². The third-order valence-electron chi connectivity index (χ3n) is 12.2. The van der Waals surface area contributed by atoms with Crippen molar-refractivity contribution in [2.24, 2.45) is 0 Å². The summed E-state index contributed by atoms with van der Waals surface area (Å²) in [7, 11) is 0. The van der Waals surface area contributed by atoms with Crippen LogP contribution in [0, 0.1) is 0 Å². The van der Waals surface area contributed by atoms with E-state index < -0.39 is 5.41 Å². The molecular formula is C48H32N2S2. The molecule has 0 saturated heterocycles. The van der Waals surface area contributed by atoms with Crippen LogP contribution < -0.4 is 4.90 Å². The molecule has 4 heteroatoms. The van der Waals surface area contributed by atoms with Crippen LogP contribution in [0.1, 0.15) is 47.2 Å². The third kappa shape index (κ3) is 3.40. The molecule has 0 amide bonds. The molecule has 0 atom stereocenters. The van der Waals surface area contributed by atoms with E-state index in [9.17, 15) is 0 Å². The maximum atomic E-state index is 2.58. The van der Waals surface area contributed by atoms with Gasteiger partial charge in [0, 0.05) is 37.3 Å². The van der Waals surface area contributed by atoms with Crippen molar-refractivity contribution in [2.45, 2.75) is 24.7 Å². The number of hydrogen-bond acceptors (Lipinski definition) is 3. The molecule has 0 unspecified atom stereocenters. The Balaban J connectivity index is 1.18. The molecule has 0 saturated carbocycles. The van der Waals surface area contributed by atoms with Crippen molar-refractivity contribution < 1.29 is 0 Å². The first-order chi connectivity index (χ1) is 25.6. The summed E-state index contributed by atoms with van der Waals surface area (Å²) < 4.78 is 2.43. The molecule has 0 bridgehead atoms. The summed E-state index contributed by atoms with van der Waals surface area (Å²) >= 11 is 3.77. The molecule has 246 valence electrons. The summed E-state index contributed by atoms with van der Waals surface area (Å²) in [4.78, 5) is 5.38. The second kappa shape index (κ2) is 10.0. The third-order valence-corrected chi connectivity index (χ3v) is 14.2. The quantitative estimate of drug-likeness (QED) is 0.174. The molecule has 3 aromatic heterocycles. The van der Waals surface area contributed by atoms with E-state index in [1.165, 1.54) is 87.4 Å². The van der Waals surface area contributed by atoms with E-state index in [1.807, 2.05) is 22.7 Å². The van der Waals surface area contributed by atoms with Crippen LogP contribution in [0.15, 0.2) is 156 Å². The second-order valence-corrected chi connectivity index (χ2v) is 16.7. The van der Waals surface area contributed by atoms with E-state index >= 15 is 0 Å². The topological polar surface area (TPSA) is 8.17 Å². The lowest BCUT2D eigenvalue weighted by Gasteiger charge is -2.45. The lowest BCUT2D eigenvalue weighted by molar-refractivity contribution is 0.658. The van der Waals surface area contributed by atoms with Gasteiger partial charge in [-0.2, -0.15) is 0 Å². The maximum Gasteiger partial charge on any atom is 0.0771 e. The van der Waals surface area contributed by atoms with E-state index in [-0.39, 0.29) is 5.41 Å². The Kier molecular flexibility index (Phi) is 5.57. The molecule has 0 radical (unpaired) electrons. The molecule has 12 rings (SSSR count). The van der Waals surface area contributed by atoms with E-state index in [1.54, 1.807) is 0 Å². The normalized spacial score (nSPS) is 15.4. The Morgan fingerprint density at radius 3 is 1.79 bits per heavy atom. The molecule has 3 aliphatic rings. The zero-order valence-corrected chi connectivity index (χ0v) is 30.4. The van der Waals surface area contributed by atoms with Crippen LogP contribution in [-0.4, -0.2) is 4.57 Å². The van der Waals surface area contributed by atoms with Gasteiger partial charge in [0.25, 0.3) is 0 Å². The number of hydrogen-bond donors (Lipinski definition) is 0. The number of benzene rings is 6. The number of nitrogens with zero attached hydrogens (tertiary/aromatic N) is 2. The molecule has 9 aromatic rings. The highest BCUT2D eigenvalue weighted by atomic mass is 32.1. The first-order valence-electron chi connectivity index (χ1n) is 18.0. The lowest BCUT2D eigenvalue weighted by atomic mass is 9.64. The summed E-state index contributed by atoms with van der Waals surface area (Å²) in [5.74, 6) is 0. The average Bonchev–Trinajstić information content (AvgIpc) is 4.00. The van der Waals surface area contributed by atoms with E-state index in [2.05, 4.69) is 180 Å². The van der Waals surface area contributed by atoms with Gasteiger partial charge in [-0.3, -0.25) is 0 Å². The second-order valence-electron chi connectivity index (χ2n) is 14.9. The Bertz CT molecular complexity index is 2880. The number of para-hydroxylation sites is 3. The van der Waals surface area contributed by atoms with Gasteiger partial charge in [0.1, 0.15) is 0 Å². The van der Waals surface area contributed by atoms with E-state index in [0.29, 0.717) is 0 Å². The van der Waals surface area contributed by atoms with Gasteiger partial charge >= 0.3 is 0 Å². The standard InChI is InChI=1S/C48H32N2S2/c1-47(2)35-17-6-3-14-31(35)34-27-40-44(28-39(34)47)50(43-21-10-7-18-36(43)48(40)37-22-24-51-45(37)46-38(48)23-25-52-46)30-13-11-12-29(26-30)49-41-19-8-4-15-32(41)33-16-5-9-20-42(33)49/h3-28H,1-2H3. The first-order valence-corrected chi connectivity index (χ1v) is 19.8. The minimum absolute atomic E-state index is 0.127. The number of thiophene rings is 2. The van der Waals surface area contributed by atoms with Gasteiger partial charge in [-0.05, 0) is 116 Å². The zero-order valence-electron chi connectivity index (χ0n) is 28.7. The van der Waals surface area contributed by atoms with Crippen LogP contribution in [-0.2, 0) is 10.8 Å². The fraction of sp³-hybridized carbons (Fsp3) is 0.0833. The van der Waals surface area contributed by atoms with Gasteiger partial charge < -0.3 is 9.47 Å². The summed E-state index contributed by atoms with van der Waals surface area (Å²) in [6, 6.07) is 54.9. The fourth-order valence-electron chi connectivity index (χ4n) is 10.0. The molecule has 4 heterocycles. The summed E-state index contributed by atoms with van der Waals surface area (Å²) in [6.07, 6.45) is 0. The highest BCUT2D eigenvalue weighted by Gasteiger charge is 2.54. The van der Waals surface area contributed by atoms with Crippen molar-refractivity contribution in [2.75, 3.05) is 4.90 Å². The molecular weight excluding hydrogens is 669 g/mol. The van der Waals surface area contributed by atoms with Crippen molar-refractivity contribution >= 4 is 61.5 Å². The number of aromatic nitrogens is 1. The van der Waals surface area contributed by atoms with Crippen LogP contribution in [0.5, 0.6) is 0 Å². The van der Waals surface area contributed by atoms with Gasteiger partial charge in [-0.1, -0.05) is 98.8 Å². The Morgan fingerprint density at radius 1 is 0.442 bits per heavy atom. The smallest absolute Gasteiger partial charge is 0.0771 e. The van der Waals surface area contributed by atoms with Gasteiger partial charge in [-0.25, -0.2) is 0 Å². The minimum atomic E-state index is -0.408. The number of fused-ring (bicyclic) bond motifs is 15. The van der Waals surface area contributed by atoms with Gasteiger partial charge in [0.05, 0.1) is 27.8 Å². The molecule has 6 aromatic carbocycles. The Hall–Kier alpha value is -5.68. The molecule has 0 fully saturated rings. The van der Waals surface area contributed by atoms with Gasteiger partial charge in [-0.15, -0.1) is 22.7 Å². The van der Waals surface area contributed by atoms with E-state index in [0.717, 1.165) is 11.4 Å². The average molecular weight is 701 g/mol. The molecule has 2 nitrogen and oxygen atoms in total. The maximum absolute atomic E-state index is 2.58. The largest absolute Gasteiger partial charge is 0.310 e. The summed E-state index contributed by atoms with van der Waals surface area (Å²) in [6.45, 7) is 4.79. The predicted molar refractivity (Wildman–Crippen MR) is 220 cm³/mol. The molecule has 2 aliphatic carbocycles. The van der Waals surface area contributed by atoms with Crippen LogP contribution in [0.3, 0.4) is 0 Å². The monoisotopic (exact) mass is 700 g/mol. The fourth-order valence-corrected chi connectivity index (χ4v) is 12.1. The van der Waals surface area contributed by atoms with Crippen molar-refractivity contribution in [3.63, 3.8) is 0 Å². The van der Waals surface area contributed by atoms with Crippen LogP contribution in [0.25, 0.3) is 48.4 Å². The number of anilines is 3. The van der Waals surface area contributed by atoms with Crippen LogP contribution in [0.2, 0.25) is 0 Å². The zero-order chi connectivity index (χ0) is 34.3. The molecule has 1 spiro atoms. The predicted octanol–water partition coefficient (Wildman–Crippen LogP) is 13.4. The highest BCUT2D eigenvalue weighted by Crippen LogP contribution is 2.67. The van der Waals surface area contributed by atoms with Crippen LogP contribution in [0.4, 0.5) is 17.1 Å². The van der Waals surface area contributed by atoms with Crippen LogP contribution >= 0.6 is 22.7 Å². The first kappa shape index (κ1) is 29.0. The van der Waals surface area contributed by atoms with E-state index in [4.69, 9.17) is 0 Å². The van der Waals surface area contributed by atoms with Crippen molar-refractivity contribution in [1.29, 1.82) is 0 Å². The van der Waals surface area contributed by atoms with Crippen molar-refractivity contribution in [1.82, 2.24) is 4.57 Å². The highest BCUT2D eigenvalue weighted by molar-refractivity contribution is 7.21. The number of rotatable bonds is 2. The molecule has 52 heavy (non-hydrogen) atoms. The SMILES string of the molecule is CC1(C)c2ccccc2-c2cc3c(cc21)N(c1cccc(-n2c4ccccc4c4ccccc42)c1)c1ccccc1C31c2ccsc2-c2sccc21. The van der Waals surface area contributed by atoms with Crippen molar-refractivity contribution in [3.8, 4) is 26.6 Å². The molecule has 1 aliphatic heterocycles. The lowest BCUT2D eigenvalue weighted by Crippen LogP contribution is -2.36.